The van der Waals surface area contributed by atoms with Crippen molar-refractivity contribution < 1.29 is 9.53 Å². The molecule has 1 aromatic carbocycles. The van der Waals surface area contributed by atoms with Crippen molar-refractivity contribution in [3.63, 3.8) is 0 Å². The minimum Gasteiger partial charge on any atom is -0.462 e. The van der Waals surface area contributed by atoms with Gasteiger partial charge < -0.3 is 4.74 Å². The third kappa shape index (κ3) is 4.12. The second kappa shape index (κ2) is 7.80. The van der Waals surface area contributed by atoms with Crippen LogP contribution >= 0.6 is 0 Å². The van der Waals surface area contributed by atoms with Crippen molar-refractivity contribution in [3.05, 3.63) is 35.9 Å². The average molecular weight is 302 g/mol. The summed E-state index contributed by atoms with van der Waals surface area (Å²) in [7, 11) is 0. The van der Waals surface area contributed by atoms with Crippen LogP contribution in [0.3, 0.4) is 0 Å². The Morgan fingerprint density at radius 2 is 1.91 bits per heavy atom. The molecule has 1 aromatic rings. The normalized spacial score (nSPS) is 26.7. The first-order chi connectivity index (χ1) is 10.5. The van der Waals surface area contributed by atoms with E-state index < -0.39 is 0 Å². The van der Waals surface area contributed by atoms with Crippen molar-refractivity contribution in [1.29, 1.82) is 0 Å². The van der Waals surface area contributed by atoms with E-state index in [4.69, 9.17) is 4.74 Å². The lowest BCUT2D eigenvalue weighted by molar-refractivity contribution is -0.157. The number of benzene rings is 1. The van der Waals surface area contributed by atoms with Gasteiger partial charge in [0.05, 0.1) is 5.92 Å². The smallest absolute Gasteiger partial charge is 0.313 e. The van der Waals surface area contributed by atoms with Crippen molar-refractivity contribution >= 4 is 5.97 Å². The highest BCUT2D eigenvalue weighted by molar-refractivity contribution is 5.78. The van der Waals surface area contributed by atoms with Crippen LogP contribution in [-0.4, -0.2) is 12.1 Å². The summed E-state index contributed by atoms with van der Waals surface area (Å²) < 4.78 is 6.00. The third-order valence-corrected chi connectivity index (χ3v) is 5.12. The van der Waals surface area contributed by atoms with Crippen LogP contribution in [0, 0.1) is 17.8 Å². The molecular formula is C20H30O2. The maximum atomic E-state index is 12.7. The fourth-order valence-electron chi connectivity index (χ4n) is 3.71. The molecule has 1 aliphatic carbocycles. The average Bonchev–Trinajstić information content (AvgIpc) is 2.48. The number of ether oxygens (including phenoxy) is 1. The molecule has 0 saturated heterocycles. The second-order valence-electron chi connectivity index (χ2n) is 7.17. The van der Waals surface area contributed by atoms with Crippen LogP contribution in [0.4, 0.5) is 0 Å². The Morgan fingerprint density at radius 3 is 2.50 bits per heavy atom. The third-order valence-electron chi connectivity index (χ3n) is 5.12. The minimum absolute atomic E-state index is 0.0431. The van der Waals surface area contributed by atoms with Gasteiger partial charge in [0.2, 0.25) is 0 Å². The highest BCUT2D eigenvalue weighted by Crippen LogP contribution is 2.36. The second-order valence-corrected chi connectivity index (χ2v) is 7.17. The summed E-state index contributed by atoms with van der Waals surface area (Å²) in [4.78, 5) is 12.7. The number of esters is 1. The molecule has 2 rings (SSSR count). The molecule has 0 N–H and O–H groups in total. The summed E-state index contributed by atoms with van der Waals surface area (Å²) in [6.07, 6.45) is 4.33. The number of carbonyl (C=O) groups excluding carboxylic acids is 1. The fourth-order valence-corrected chi connectivity index (χ4v) is 3.71. The Hall–Kier alpha value is -1.31. The summed E-state index contributed by atoms with van der Waals surface area (Å²) in [5.74, 6) is 1.56. The number of rotatable bonds is 5. The molecule has 0 heterocycles. The lowest BCUT2D eigenvalue weighted by Crippen LogP contribution is -2.37. The summed E-state index contributed by atoms with van der Waals surface area (Å²) in [6.45, 7) is 8.82. The zero-order chi connectivity index (χ0) is 16.1. The van der Waals surface area contributed by atoms with Crippen molar-refractivity contribution in [1.82, 2.24) is 0 Å². The van der Waals surface area contributed by atoms with Gasteiger partial charge in [0.15, 0.2) is 0 Å². The van der Waals surface area contributed by atoms with E-state index in [1.165, 1.54) is 12.8 Å². The van der Waals surface area contributed by atoms with Crippen molar-refractivity contribution in [2.45, 2.75) is 65.4 Å². The van der Waals surface area contributed by atoms with Gasteiger partial charge >= 0.3 is 5.97 Å². The topological polar surface area (TPSA) is 26.3 Å². The molecule has 0 aliphatic heterocycles. The SMILES string of the molecule is CC[C@H](C(=O)O[C@@H]1C[C@H](C)CC[C@H]1C(C)C)c1ccccc1. The summed E-state index contributed by atoms with van der Waals surface area (Å²) >= 11 is 0. The number of hydrogen-bond acceptors (Lipinski definition) is 2. The van der Waals surface area contributed by atoms with E-state index in [0.29, 0.717) is 17.8 Å². The molecule has 1 aliphatic rings. The van der Waals surface area contributed by atoms with E-state index >= 15 is 0 Å². The maximum absolute atomic E-state index is 12.7. The van der Waals surface area contributed by atoms with Gasteiger partial charge in [-0.25, -0.2) is 0 Å². The van der Waals surface area contributed by atoms with E-state index in [-0.39, 0.29) is 18.0 Å². The molecular weight excluding hydrogens is 272 g/mol. The molecule has 0 aromatic heterocycles. The van der Waals surface area contributed by atoms with Crippen LogP contribution in [0.15, 0.2) is 30.3 Å². The van der Waals surface area contributed by atoms with Crippen LogP contribution < -0.4 is 0 Å². The first kappa shape index (κ1) is 17.1. The van der Waals surface area contributed by atoms with Crippen molar-refractivity contribution in [2.75, 3.05) is 0 Å². The van der Waals surface area contributed by atoms with Crippen LogP contribution in [0.2, 0.25) is 0 Å². The molecule has 1 saturated carbocycles. The van der Waals surface area contributed by atoms with Crippen molar-refractivity contribution in [2.24, 2.45) is 17.8 Å². The molecule has 0 unspecified atom stereocenters. The Morgan fingerprint density at radius 1 is 1.23 bits per heavy atom. The molecule has 0 spiro atoms. The lowest BCUT2D eigenvalue weighted by Gasteiger charge is -2.37. The molecule has 2 nitrogen and oxygen atoms in total. The van der Waals surface area contributed by atoms with Crippen LogP contribution in [-0.2, 0) is 9.53 Å². The Labute approximate surface area is 135 Å². The highest BCUT2D eigenvalue weighted by atomic mass is 16.5. The van der Waals surface area contributed by atoms with Crippen LogP contribution in [0.5, 0.6) is 0 Å². The van der Waals surface area contributed by atoms with Gasteiger partial charge in [-0.1, -0.05) is 64.4 Å². The van der Waals surface area contributed by atoms with Gasteiger partial charge in [-0.2, -0.15) is 0 Å². The predicted molar refractivity (Wildman–Crippen MR) is 90.7 cm³/mol. The Bertz CT molecular complexity index is 466. The monoisotopic (exact) mass is 302 g/mol. The van der Waals surface area contributed by atoms with Gasteiger partial charge in [0.1, 0.15) is 6.10 Å². The molecule has 22 heavy (non-hydrogen) atoms. The maximum Gasteiger partial charge on any atom is 0.313 e. The fraction of sp³-hybridized carbons (Fsp3) is 0.650. The summed E-state index contributed by atoms with van der Waals surface area (Å²) in [6, 6.07) is 10.0. The standard InChI is InChI=1S/C20H30O2/c1-5-17(16-9-7-6-8-10-16)20(21)22-19-13-15(4)11-12-18(19)14(2)3/h6-10,14-15,17-19H,5,11-13H2,1-4H3/t15-,17+,18+,19-/m1/s1. The van der Waals surface area contributed by atoms with Gasteiger partial charge in [-0.3, -0.25) is 4.79 Å². The number of hydrogen-bond donors (Lipinski definition) is 0. The molecule has 122 valence electrons. The lowest BCUT2D eigenvalue weighted by atomic mass is 9.75. The molecule has 4 atom stereocenters. The van der Waals surface area contributed by atoms with E-state index in [0.717, 1.165) is 18.4 Å². The van der Waals surface area contributed by atoms with Gasteiger partial charge in [0.25, 0.3) is 0 Å². The zero-order valence-electron chi connectivity index (χ0n) is 14.4. The molecule has 1 fully saturated rings. The quantitative estimate of drug-likeness (QED) is 0.700. The van der Waals surface area contributed by atoms with E-state index in [1.54, 1.807) is 0 Å². The molecule has 0 amide bonds. The molecule has 0 bridgehead atoms. The van der Waals surface area contributed by atoms with Crippen LogP contribution in [0.25, 0.3) is 0 Å². The Balaban J connectivity index is 2.08. The zero-order valence-corrected chi connectivity index (χ0v) is 14.4. The minimum atomic E-state index is -0.133. The summed E-state index contributed by atoms with van der Waals surface area (Å²) in [5.41, 5.74) is 1.07. The van der Waals surface area contributed by atoms with Gasteiger partial charge in [-0.15, -0.1) is 0 Å². The largest absolute Gasteiger partial charge is 0.462 e. The Kier molecular flexibility index (Phi) is 6.05. The molecule has 2 heteroatoms. The van der Waals surface area contributed by atoms with Gasteiger partial charge in [0, 0.05) is 0 Å². The highest BCUT2D eigenvalue weighted by Gasteiger charge is 2.34. The summed E-state index contributed by atoms with van der Waals surface area (Å²) in [5, 5.41) is 0. The van der Waals surface area contributed by atoms with Gasteiger partial charge in [-0.05, 0) is 42.6 Å². The first-order valence-corrected chi connectivity index (χ1v) is 8.78. The van der Waals surface area contributed by atoms with Crippen molar-refractivity contribution in [3.8, 4) is 0 Å². The van der Waals surface area contributed by atoms with Crippen LogP contribution in [0.1, 0.15) is 64.9 Å². The van der Waals surface area contributed by atoms with E-state index in [9.17, 15) is 4.79 Å². The molecule has 0 radical (unpaired) electrons. The number of carbonyl (C=O) groups is 1. The van der Waals surface area contributed by atoms with E-state index in [1.807, 2.05) is 30.3 Å². The van der Waals surface area contributed by atoms with E-state index in [2.05, 4.69) is 27.7 Å². The predicted octanol–water partition coefficient (Wildman–Crippen LogP) is 5.18. The first-order valence-electron chi connectivity index (χ1n) is 8.78.